The molecule has 100 valence electrons. The number of nitrogens with zero attached hydrogens (tertiary/aromatic N) is 1. The van der Waals surface area contributed by atoms with Crippen LogP contribution in [0.1, 0.15) is 20.8 Å². The lowest BCUT2D eigenvalue weighted by Crippen LogP contribution is -2.26. The molecule has 1 aromatic carbocycles. The number of rotatable bonds is 3. The zero-order valence-corrected chi connectivity index (χ0v) is 11.5. The lowest BCUT2D eigenvalue weighted by Gasteiger charge is -2.22. The van der Waals surface area contributed by atoms with Crippen molar-refractivity contribution < 1.29 is 13.3 Å². The Morgan fingerprint density at radius 3 is 2.22 bits per heavy atom. The van der Waals surface area contributed by atoms with Gasteiger partial charge in [-0.05, 0) is 32.9 Å². The summed E-state index contributed by atoms with van der Waals surface area (Å²) in [6, 6.07) is 4.22. The van der Waals surface area contributed by atoms with Crippen molar-refractivity contribution in [1.29, 1.82) is 0 Å². The van der Waals surface area contributed by atoms with E-state index in [0.29, 0.717) is 0 Å². The third-order valence-electron chi connectivity index (χ3n) is 2.09. The quantitative estimate of drug-likeness (QED) is 0.673. The molecule has 1 rings (SSSR count). The SMILES string of the molecule is CC(C)(C)Nc1cccc(S(C)(=O)=O)c1[N+](=O)[O-]. The van der Waals surface area contributed by atoms with E-state index in [9.17, 15) is 18.5 Å². The highest BCUT2D eigenvalue weighted by atomic mass is 32.2. The normalized spacial score (nSPS) is 12.2. The van der Waals surface area contributed by atoms with Gasteiger partial charge in [0.1, 0.15) is 10.6 Å². The molecule has 0 aliphatic rings. The molecule has 1 N–H and O–H groups in total. The summed E-state index contributed by atoms with van der Waals surface area (Å²) < 4.78 is 23.1. The summed E-state index contributed by atoms with van der Waals surface area (Å²) in [5, 5.41) is 14.0. The van der Waals surface area contributed by atoms with Gasteiger partial charge in [-0.3, -0.25) is 10.1 Å². The van der Waals surface area contributed by atoms with Crippen molar-refractivity contribution in [1.82, 2.24) is 0 Å². The molecule has 0 atom stereocenters. The molecule has 7 heteroatoms. The number of hydrogen-bond donors (Lipinski definition) is 1. The van der Waals surface area contributed by atoms with Gasteiger partial charge < -0.3 is 5.32 Å². The van der Waals surface area contributed by atoms with E-state index in [-0.39, 0.29) is 10.6 Å². The van der Waals surface area contributed by atoms with Crippen LogP contribution < -0.4 is 5.32 Å². The first-order valence-electron chi connectivity index (χ1n) is 5.28. The highest BCUT2D eigenvalue weighted by Gasteiger charge is 2.27. The van der Waals surface area contributed by atoms with Gasteiger partial charge in [-0.15, -0.1) is 0 Å². The Bertz CT molecular complexity index is 573. The second kappa shape index (κ2) is 4.56. The van der Waals surface area contributed by atoms with E-state index in [4.69, 9.17) is 0 Å². The average molecular weight is 272 g/mol. The Kier molecular flexibility index (Phi) is 3.66. The number of sulfone groups is 1. The molecular formula is C11H16N2O4S. The average Bonchev–Trinajstić information content (AvgIpc) is 2.12. The van der Waals surface area contributed by atoms with Crippen LogP contribution in [0.5, 0.6) is 0 Å². The van der Waals surface area contributed by atoms with Crippen LogP contribution in [0.2, 0.25) is 0 Å². The van der Waals surface area contributed by atoms with Gasteiger partial charge in [-0.25, -0.2) is 8.42 Å². The number of nitrogens with one attached hydrogen (secondary N) is 1. The molecular weight excluding hydrogens is 256 g/mol. The first-order valence-corrected chi connectivity index (χ1v) is 7.17. The third kappa shape index (κ3) is 3.43. The van der Waals surface area contributed by atoms with E-state index in [1.54, 1.807) is 0 Å². The molecule has 0 amide bonds. The van der Waals surface area contributed by atoms with E-state index in [1.807, 2.05) is 20.8 Å². The summed E-state index contributed by atoms with van der Waals surface area (Å²) in [5.41, 5.74) is -0.605. The minimum absolute atomic E-state index is 0.204. The maximum atomic E-state index is 11.5. The first-order chi connectivity index (χ1) is 8.02. The first kappa shape index (κ1) is 14.4. The van der Waals surface area contributed by atoms with Gasteiger partial charge in [0, 0.05) is 11.8 Å². The number of anilines is 1. The largest absolute Gasteiger partial charge is 0.375 e. The second-order valence-corrected chi connectivity index (χ2v) is 7.04. The van der Waals surface area contributed by atoms with E-state index in [0.717, 1.165) is 6.26 Å². The van der Waals surface area contributed by atoms with Gasteiger partial charge in [0.2, 0.25) is 0 Å². The summed E-state index contributed by atoms with van der Waals surface area (Å²) >= 11 is 0. The smallest absolute Gasteiger partial charge is 0.310 e. The second-order valence-electron chi connectivity index (χ2n) is 5.06. The zero-order chi connectivity index (χ0) is 14.1. The van der Waals surface area contributed by atoms with Crippen LogP contribution in [0.3, 0.4) is 0 Å². The Balaban J connectivity index is 3.51. The molecule has 0 spiro atoms. The minimum atomic E-state index is -3.64. The van der Waals surface area contributed by atoms with E-state index in [1.165, 1.54) is 18.2 Å². The van der Waals surface area contributed by atoms with Crippen molar-refractivity contribution in [2.24, 2.45) is 0 Å². The Morgan fingerprint density at radius 1 is 1.28 bits per heavy atom. The predicted octanol–water partition coefficient (Wildman–Crippen LogP) is 2.21. The van der Waals surface area contributed by atoms with Gasteiger partial charge >= 0.3 is 5.69 Å². The lowest BCUT2D eigenvalue weighted by molar-refractivity contribution is -0.386. The number of hydrogen-bond acceptors (Lipinski definition) is 5. The highest BCUT2D eigenvalue weighted by molar-refractivity contribution is 7.90. The van der Waals surface area contributed by atoms with Crippen LogP contribution in [0.4, 0.5) is 11.4 Å². The molecule has 0 heterocycles. The molecule has 18 heavy (non-hydrogen) atoms. The number of nitro groups is 1. The van der Waals surface area contributed by atoms with Gasteiger partial charge in [-0.2, -0.15) is 0 Å². The standard InChI is InChI=1S/C11H16N2O4S/c1-11(2,3)12-8-6-5-7-9(18(4,16)17)10(8)13(14)15/h5-7,12H,1-4H3. The number of nitro benzene ring substituents is 1. The molecule has 0 bridgehead atoms. The van der Waals surface area contributed by atoms with Crippen LogP contribution >= 0.6 is 0 Å². The van der Waals surface area contributed by atoms with Crippen LogP contribution in [-0.4, -0.2) is 25.1 Å². The zero-order valence-electron chi connectivity index (χ0n) is 10.7. The molecule has 0 saturated heterocycles. The summed E-state index contributed by atoms with van der Waals surface area (Å²) in [7, 11) is -3.64. The van der Waals surface area contributed by atoms with E-state index < -0.39 is 26.0 Å². The summed E-state index contributed by atoms with van der Waals surface area (Å²) in [4.78, 5) is 10.1. The number of para-hydroxylation sites is 1. The predicted molar refractivity (Wildman–Crippen MR) is 69.6 cm³/mol. The van der Waals surface area contributed by atoms with Gasteiger partial charge in [0.25, 0.3) is 0 Å². The summed E-state index contributed by atoms with van der Waals surface area (Å²) in [6.45, 7) is 5.51. The molecule has 0 aliphatic carbocycles. The maximum Gasteiger partial charge on any atom is 0.310 e. The monoisotopic (exact) mass is 272 g/mol. The van der Waals surface area contributed by atoms with Gasteiger partial charge in [-0.1, -0.05) is 6.07 Å². The van der Waals surface area contributed by atoms with Crippen molar-refractivity contribution >= 4 is 21.2 Å². The fraction of sp³-hybridized carbons (Fsp3) is 0.455. The summed E-state index contributed by atoms with van der Waals surface area (Å²) in [5.74, 6) is 0. The van der Waals surface area contributed by atoms with Gasteiger partial charge in [0.15, 0.2) is 9.84 Å². The van der Waals surface area contributed by atoms with Crippen molar-refractivity contribution in [3.63, 3.8) is 0 Å². The summed E-state index contributed by atoms with van der Waals surface area (Å²) in [6.07, 6.45) is 0.955. The Labute approximate surface area is 106 Å². The van der Waals surface area contributed by atoms with Crippen molar-refractivity contribution in [3.05, 3.63) is 28.3 Å². The molecule has 0 aromatic heterocycles. The van der Waals surface area contributed by atoms with Crippen molar-refractivity contribution in [2.75, 3.05) is 11.6 Å². The molecule has 0 aliphatic heterocycles. The maximum absolute atomic E-state index is 11.5. The molecule has 0 saturated carbocycles. The molecule has 6 nitrogen and oxygen atoms in total. The van der Waals surface area contributed by atoms with Crippen LogP contribution in [0, 0.1) is 10.1 Å². The van der Waals surface area contributed by atoms with E-state index >= 15 is 0 Å². The topological polar surface area (TPSA) is 89.3 Å². The Morgan fingerprint density at radius 2 is 1.83 bits per heavy atom. The van der Waals surface area contributed by atoms with Crippen LogP contribution in [-0.2, 0) is 9.84 Å². The van der Waals surface area contributed by atoms with Crippen molar-refractivity contribution in [2.45, 2.75) is 31.2 Å². The number of benzene rings is 1. The van der Waals surface area contributed by atoms with Gasteiger partial charge in [0.05, 0.1) is 4.92 Å². The van der Waals surface area contributed by atoms with E-state index in [2.05, 4.69) is 5.32 Å². The fourth-order valence-electron chi connectivity index (χ4n) is 1.51. The molecule has 1 aromatic rings. The minimum Gasteiger partial charge on any atom is -0.375 e. The van der Waals surface area contributed by atoms with Crippen LogP contribution in [0.15, 0.2) is 23.1 Å². The molecule has 0 unspecified atom stereocenters. The molecule has 0 radical (unpaired) electrons. The molecule has 0 fully saturated rings. The highest BCUT2D eigenvalue weighted by Crippen LogP contribution is 2.33. The lowest BCUT2D eigenvalue weighted by atomic mass is 10.1. The third-order valence-corrected chi connectivity index (χ3v) is 3.22. The Hall–Kier alpha value is -1.63. The van der Waals surface area contributed by atoms with Crippen molar-refractivity contribution in [3.8, 4) is 0 Å². The fourth-order valence-corrected chi connectivity index (χ4v) is 2.38. The van der Waals surface area contributed by atoms with Crippen LogP contribution in [0.25, 0.3) is 0 Å².